The third-order valence-corrected chi connectivity index (χ3v) is 3.65. The molecular weight excluding hydrogens is 266 g/mol. The van der Waals surface area contributed by atoms with Crippen LogP contribution in [0.4, 0.5) is 8.78 Å². The molecule has 0 aliphatic rings. The SMILES string of the molecule is O=C(CSc1ccccc1)Cc1c(F)cccc1F. The van der Waals surface area contributed by atoms with Crippen LogP contribution in [0.15, 0.2) is 53.4 Å². The van der Waals surface area contributed by atoms with E-state index in [2.05, 4.69) is 0 Å². The van der Waals surface area contributed by atoms with Crippen LogP contribution in [0.25, 0.3) is 0 Å². The summed E-state index contributed by atoms with van der Waals surface area (Å²) in [5, 5.41) is 0. The first-order valence-electron chi connectivity index (χ1n) is 5.79. The van der Waals surface area contributed by atoms with Gasteiger partial charge in [-0.2, -0.15) is 0 Å². The van der Waals surface area contributed by atoms with Gasteiger partial charge in [0.2, 0.25) is 0 Å². The van der Waals surface area contributed by atoms with Crippen molar-refractivity contribution in [3.8, 4) is 0 Å². The monoisotopic (exact) mass is 278 g/mol. The van der Waals surface area contributed by atoms with Crippen molar-refractivity contribution in [1.29, 1.82) is 0 Å². The largest absolute Gasteiger partial charge is 0.298 e. The van der Waals surface area contributed by atoms with Crippen LogP contribution in [0.5, 0.6) is 0 Å². The summed E-state index contributed by atoms with van der Waals surface area (Å²) in [7, 11) is 0. The van der Waals surface area contributed by atoms with Gasteiger partial charge in [-0.25, -0.2) is 8.78 Å². The maximum atomic E-state index is 13.4. The summed E-state index contributed by atoms with van der Waals surface area (Å²) in [5.41, 5.74) is -0.152. The van der Waals surface area contributed by atoms with E-state index in [0.29, 0.717) is 0 Å². The maximum Gasteiger partial charge on any atom is 0.147 e. The number of ketones is 1. The molecule has 0 spiro atoms. The minimum atomic E-state index is -0.668. The molecule has 2 aromatic rings. The normalized spacial score (nSPS) is 10.4. The Morgan fingerprint density at radius 3 is 2.21 bits per heavy atom. The van der Waals surface area contributed by atoms with Gasteiger partial charge in [-0.15, -0.1) is 11.8 Å². The molecule has 0 saturated heterocycles. The third kappa shape index (κ3) is 3.89. The summed E-state index contributed by atoms with van der Waals surface area (Å²) in [6, 6.07) is 13.0. The van der Waals surface area contributed by atoms with Crippen LogP contribution in [-0.2, 0) is 11.2 Å². The molecule has 0 aliphatic carbocycles. The highest BCUT2D eigenvalue weighted by molar-refractivity contribution is 8.00. The van der Waals surface area contributed by atoms with E-state index in [1.54, 1.807) is 0 Å². The Balaban J connectivity index is 1.95. The van der Waals surface area contributed by atoms with Crippen molar-refractivity contribution in [1.82, 2.24) is 0 Å². The van der Waals surface area contributed by atoms with Crippen LogP contribution >= 0.6 is 11.8 Å². The number of benzene rings is 2. The molecule has 98 valence electrons. The van der Waals surface area contributed by atoms with Gasteiger partial charge in [0.1, 0.15) is 17.4 Å². The quantitative estimate of drug-likeness (QED) is 0.772. The van der Waals surface area contributed by atoms with Gasteiger partial charge in [0.15, 0.2) is 0 Å². The van der Waals surface area contributed by atoms with Crippen molar-refractivity contribution in [3.05, 3.63) is 65.7 Å². The van der Waals surface area contributed by atoms with Crippen LogP contribution in [-0.4, -0.2) is 11.5 Å². The van der Waals surface area contributed by atoms with Crippen LogP contribution in [0, 0.1) is 11.6 Å². The average molecular weight is 278 g/mol. The molecule has 4 heteroatoms. The minimum absolute atomic E-state index is 0.152. The fraction of sp³-hybridized carbons (Fsp3) is 0.133. The number of hydrogen-bond acceptors (Lipinski definition) is 2. The zero-order valence-corrected chi connectivity index (χ0v) is 10.9. The van der Waals surface area contributed by atoms with Crippen molar-refractivity contribution >= 4 is 17.5 Å². The molecule has 2 rings (SSSR count). The predicted octanol–water partition coefficient (Wildman–Crippen LogP) is 3.87. The Morgan fingerprint density at radius 2 is 1.58 bits per heavy atom. The van der Waals surface area contributed by atoms with Crippen LogP contribution in [0.3, 0.4) is 0 Å². The molecule has 0 radical (unpaired) electrons. The third-order valence-electron chi connectivity index (χ3n) is 2.58. The second-order valence-corrected chi connectivity index (χ2v) is 5.07. The zero-order chi connectivity index (χ0) is 13.7. The lowest BCUT2D eigenvalue weighted by Crippen LogP contribution is -2.09. The molecule has 1 nitrogen and oxygen atoms in total. The Kier molecular flexibility index (Phi) is 4.68. The molecule has 0 bridgehead atoms. The summed E-state index contributed by atoms with van der Waals surface area (Å²) in [4.78, 5) is 12.7. The fourth-order valence-corrected chi connectivity index (χ4v) is 2.41. The molecule has 0 amide bonds. The van der Waals surface area contributed by atoms with Gasteiger partial charge in [-0.3, -0.25) is 4.79 Å². The summed E-state index contributed by atoms with van der Waals surface area (Å²) >= 11 is 1.37. The Labute approximate surface area is 114 Å². The highest BCUT2D eigenvalue weighted by atomic mass is 32.2. The van der Waals surface area contributed by atoms with E-state index in [9.17, 15) is 13.6 Å². The second kappa shape index (κ2) is 6.48. The van der Waals surface area contributed by atoms with Gasteiger partial charge >= 0.3 is 0 Å². The first-order valence-corrected chi connectivity index (χ1v) is 6.78. The van der Waals surface area contributed by atoms with E-state index in [1.807, 2.05) is 30.3 Å². The van der Waals surface area contributed by atoms with E-state index in [4.69, 9.17) is 0 Å². The zero-order valence-electron chi connectivity index (χ0n) is 10.1. The van der Waals surface area contributed by atoms with E-state index in [1.165, 1.54) is 17.8 Å². The lowest BCUT2D eigenvalue weighted by molar-refractivity contribution is -0.116. The van der Waals surface area contributed by atoms with Gasteiger partial charge in [-0.05, 0) is 24.3 Å². The molecule has 2 aromatic carbocycles. The average Bonchev–Trinajstić information content (AvgIpc) is 2.42. The summed E-state index contributed by atoms with van der Waals surface area (Å²) < 4.78 is 26.7. The number of carbonyl (C=O) groups is 1. The highest BCUT2D eigenvalue weighted by Gasteiger charge is 2.13. The van der Waals surface area contributed by atoms with Gasteiger partial charge < -0.3 is 0 Å². The first-order chi connectivity index (χ1) is 9.16. The molecule has 0 aliphatic heterocycles. The highest BCUT2D eigenvalue weighted by Crippen LogP contribution is 2.19. The summed E-state index contributed by atoms with van der Waals surface area (Å²) in [5.74, 6) is -1.33. The maximum absolute atomic E-state index is 13.4. The fourth-order valence-electron chi connectivity index (χ4n) is 1.63. The van der Waals surface area contributed by atoms with Crippen LogP contribution in [0.1, 0.15) is 5.56 Å². The molecule has 0 saturated carbocycles. The topological polar surface area (TPSA) is 17.1 Å². The second-order valence-electron chi connectivity index (χ2n) is 4.02. The van der Waals surface area contributed by atoms with Gasteiger partial charge in [-0.1, -0.05) is 24.3 Å². The smallest absolute Gasteiger partial charge is 0.147 e. The van der Waals surface area contributed by atoms with Crippen LogP contribution < -0.4 is 0 Å². The van der Waals surface area contributed by atoms with Gasteiger partial charge in [0, 0.05) is 16.9 Å². The van der Waals surface area contributed by atoms with Crippen molar-refractivity contribution in [3.63, 3.8) is 0 Å². The number of halogens is 2. The standard InChI is InChI=1S/C15H12F2OS/c16-14-7-4-8-15(17)13(14)9-11(18)10-19-12-5-2-1-3-6-12/h1-8H,9-10H2. The van der Waals surface area contributed by atoms with Crippen molar-refractivity contribution in [2.24, 2.45) is 0 Å². The number of carbonyl (C=O) groups excluding carboxylic acids is 1. The predicted molar refractivity (Wildman–Crippen MR) is 72.2 cm³/mol. The van der Waals surface area contributed by atoms with E-state index in [0.717, 1.165) is 17.0 Å². The Morgan fingerprint density at radius 1 is 0.947 bits per heavy atom. The number of Topliss-reactive ketones (excluding diaryl/α,β-unsaturated/α-hetero) is 1. The molecule has 0 atom stereocenters. The molecule has 0 N–H and O–H groups in total. The minimum Gasteiger partial charge on any atom is -0.298 e. The summed E-state index contributed by atoms with van der Waals surface area (Å²) in [6.07, 6.45) is -0.210. The molecule has 0 unspecified atom stereocenters. The van der Waals surface area contributed by atoms with Crippen molar-refractivity contribution < 1.29 is 13.6 Å². The molecule has 19 heavy (non-hydrogen) atoms. The van der Waals surface area contributed by atoms with E-state index in [-0.39, 0.29) is 23.5 Å². The lowest BCUT2D eigenvalue weighted by Gasteiger charge is -2.04. The first kappa shape index (κ1) is 13.7. The number of rotatable bonds is 5. The van der Waals surface area contributed by atoms with E-state index >= 15 is 0 Å². The molecular formula is C15H12F2OS. The van der Waals surface area contributed by atoms with Crippen LogP contribution in [0.2, 0.25) is 0 Å². The van der Waals surface area contributed by atoms with Gasteiger partial charge in [0.25, 0.3) is 0 Å². The van der Waals surface area contributed by atoms with Crippen molar-refractivity contribution in [2.75, 3.05) is 5.75 Å². The number of hydrogen-bond donors (Lipinski definition) is 0. The molecule has 0 fully saturated rings. The number of thioether (sulfide) groups is 1. The van der Waals surface area contributed by atoms with E-state index < -0.39 is 11.6 Å². The molecule has 0 heterocycles. The lowest BCUT2D eigenvalue weighted by atomic mass is 10.1. The molecule has 0 aromatic heterocycles. The Bertz CT molecular complexity index is 549. The van der Waals surface area contributed by atoms with Gasteiger partial charge in [0.05, 0.1) is 5.75 Å². The Hall–Kier alpha value is -1.68. The van der Waals surface area contributed by atoms with Crippen molar-refractivity contribution in [2.45, 2.75) is 11.3 Å². The summed E-state index contributed by atoms with van der Waals surface area (Å²) in [6.45, 7) is 0.